The summed E-state index contributed by atoms with van der Waals surface area (Å²) in [5.41, 5.74) is 2.59. The molecule has 0 unspecified atom stereocenters. The lowest BCUT2D eigenvalue weighted by Crippen LogP contribution is -2.25. The number of aromatic hydroxyl groups is 1. The lowest BCUT2D eigenvalue weighted by atomic mass is 10.1. The van der Waals surface area contributed by atoms with Crippen LogP contribution < -0.4 is 10.1 Å². The van der Waals surface area contributed by atoms with Gasteiger partial charge in [-0.2, -0.15) is 0 Å². The van der Waals surface area contributed by atoms with Gasteiger partial charge in [0.1, 0.15) is 11.5 Å². The Labute approximate surface area is 137 Å². The van der Waals surface area contributed by atoms with Crippen LogP contribution in [0, 0.1) is 6.92 Å². The van der Waals surface area contributed by atoms with Crippen molar-refractivity contribution in [1.29, 1.82) is 0 Å². The fourth-order valence-corrected chi connectivity index (χ4v) is 2.44. The van der Waals surface area contributed by atoms with E-state index in [9.17, 15) is 9.90 Å². The summed E-state index contributed by atoms with van der Waals surface area (Å²) < 4.78 is 5.84. The Morgan fingerprint density at radius 2 is 1.96 bits per heavy atom. The fraction of sp³-hybridized carbons (Fsp3) is 0.316. The van der Waals surface area contributed by atoms with E-state index in [0.717, 1.165) is 29.7 Å². The van der Waals surface area contributed by atoms with Gasteiger partial charge in [-0.05, 0) is 55.2 Å². The molecule has 0 atom stereocenters. The summed E-state index contributed by atoms with van der Waals surface area (Å²) >= 11 is 0. The fourth-order valence-electron chi connectivity index (χ4n) is 2.44. The molecule has 4 heteroatoms. The van der Waals surface area contributed by atoms with Gasteiger partial charge in [0.05, 0.1) is 6.61 Å². The van der Waals surface area contributed by atoms with Crippen molar-refractivity contribution in [2.24, 2.45) is 0 Å². The molecule has 2 aromatic rings. The highest BCUT2D eigenvalue weighted by molar-refractivity contribution is 5.94. The van der Waals surface area contributed by atoms with Crippen molar-refractivity contribution in [2.75, 3.05) is 13.2 Å². The van der Waals surface area contributed by atoms with E-state index in [1.807, 2.05) is 32.0 Å². The minimum atomic E-state index is -0.0688. The molecule has 0 fully saturated rings. The van der Waals surface area contributed by atoms with Gasteiger partial charge in [0.25, 0.3) is 5.91 Å². The van der Waals surface area contributed by atoms with E-state index in [-0.39, 0.29) is 11.7 Å². The Bertz CT molecular complexity index is 653. The second-order valence-corrected chi connectivity index (χ2v) is 5.43. The average Bonchev–Trinajstić information content (AvgIpc) is 2.56. The summed E-state index contributed by atoms with van der Waals surface area (Å²) in [5, 5.41) is 12.5. The van der Waals surface area contributed by atoms with Crippen LogP contribution >= 0.6 is 0 Å². The zero-order valence-corrected chi connectivity index (χ0v) is 13.6. The maximum Gasteiger partial charge on any atom is 0.251 e. The van der Waals surface area contributed by atoms with Crippen molar-refractivity contribution in [3.63, 3.8) is 0 Å². The lowest BCUT2D eigenvalue weighted by molar-refractivity contribution is 0.0951. The predicted octanol–water partition coefficient (Wildman–Crippen LogP) is 3.46. The lowest BCUT2D eigenvalue weighted by Gasteiger charge is -2.14. The summed E-state index contributed by atoms with van der Waals surface area (Å²) in [7, 11) is 0. The minimum absolute atomic E-state index is 0.0688. The predicted molar refractivity (Wildman–Crippen MR) is 91.1 cm³/mol. The molecule has 4 nitrogen and oxygen atoms in total. The number of hydrogen-bond acceptors (Lipinski definition) is 3. The molecule has 0 spiro atoms. The number of aryl methyl sites for hydroxylation is 2. The van der Waals surface area contributed by atoms with Crippen LogP contribution in [0.2, 0.25) is 0 Å². The number of rotatable bonds is 7. The zero-order valence-electron chi connectivity index (χ0n) is 13.6. The monoisotopic (exact) mass is 313 g/mol. The maximum atomic E-state index is 11.9. The molecule has 0 saturated carbocycles. The molecule has 0 aliphatic carbocycles. The summed E-state index contributed by atoms with van der Waals surface area (Å²) in [6.07, 6.45) is 1.53. The average molecular weight is 313 g/mol. The van der Waals surface area contributed by atoms with Gasteiger partial charge in [0.2, 0.25) is 0 Å². The summed E-state index contributed by atoms with van der Waals surface area (Å²) in [5.74, 6) is 1.03. The third-order valence-electron chi connectivity index (χ3n) is 3.61. The molecule has 0 saturated heterocycles. The van der Waals surface area contributed by atoms with Crippen LogP contribution in [-0.4, -0.2) is 24.2 Å². The Kier molecular flexibility index (Phi) is 6.03. The molecule has 1 amide bonds. The van der Waals surface area contributed by atoms with Crippen LogP contribution in [-0.2, 0) is 6.42 Å². The number of hydrogen-bond donors (Lipinski definition) is 2. The molecular weight excluding hydrogens is 290 g/mol. The smallest absolute Gasteiger partial charge is 0.251 e. The van der Waals surface area contributed by atoms with Crippen LogP contribution in [0.3, 0.4) is 0 Å². The second-order valence-electron chi connectivity index (χ2n) is 5.43. The third kappa shape index (κ3) is 4.74. The van der Waals surface area contributed by atoms with Crippen LogP contribution in [0.25, 0.3) is 0 Å². The number of carbonyl (C=O) groups excluding carboxylic acids is 1. The molecule has 2 rings (SSSR count). The van der Waals surface area contributed by atoms with E-state index in [1.165, 1.54) is 0 Å². The largest absolute Gasteiger partial charge is 0.508 e. The molecule has 2 aromatic carbocycles. The van der Waals surface area contributed by atoms with Crippen molar-refractivity contribution in [2.45, 2.75) is 26.7 Å². The summed E-state index contributed by atoms with van der Waals surface area (Å²) in [4.78, 5) is 11.9. The zero-order chi connectivity index (χ0) is 16.7. The van der Waals surface area contributed by atoms with E-state index in [4.69, 9.17) is 4.74 Å². The van der Waals surface area contributed by atoms with Crippen LogP contribution in [0.5, 0.6) is 11.5 Å². The van der Waals surface area contributed by atoms with Gasteiger partial charge in [0, 0.05) is 12.1 Å². The molecule has 2 N–H and O–H groups in total. The van der Waals surface area contributed by atoms with E-state index in [0.29, 0.717) is 18.7 Å². The molecule has 0 aliphatic rings. The molecule has 0 heterocycles. The van der Waals surface area contributed by atoms with E-state index in [2.05, 4.69) is 5.32 Å². The van der Waals surface area contributed by atoms with Crippen LogP contribution in [0.1, 0.15) is 34.8 Å². The van der Waals surface area contributed by atoms with Gasteiger partial charge in [-0.1, -0.05) is 25.1 Å². The molecule has 0 aliphatic heterocycles. The van der Waals surface area contributed by atoms with Crippen LogP contribution in [0.15, 0.2) is 42.5 Å². The van der Waals surface area contributed by atoms with Crippen molar-refractivity contribution in [3.8, 4) is 11.5 Å². The topological polar surface area (TPSA) is 58.6 Å². The first-order valence-electron chi connectivity index (χ1n) is 7.90. The van der Waals surface area contributed by atoms with E-state index < -0.39 is 0 Å². The Morgan fingerprint density at radius 3 is 2.65 bits per heavy atom. The normalized spacial score (nSPS) is 10.3. The van der Waals surface area contributed by atoms with Crippen LogP contribution in [0.4, 0.5) is 0 Å². The van der Waals surface area contributed by atoms with Gasteiger partial charge in [-0.15, -0.1) is 0 Å². The van der Waals surface area contributed by atoms with Gasteiger partial charge in [-0.3, -0.25) is 4.79 Å². The van der Waals surface area contributed by atoms with Crippen molar-refractivity contribution in [1.82, 2.24) is 5.32 Å². The molecule has 23 heavy (non-hydrogen) atoms. The number of amides is 1. The molecule has 122 valence electrons. The highest BCUT2D eigenvalue weighted by atomic mass is 16.5. The first kappa shape index (κ1) is 16.9. The number of benzene rings is 2. The van der Waals surface area contributed by atoms with Gasteiger partial charge in [-0.25, -0.2) is 0 Å². The number of ether oxygens (including phenoxy) is 1. The highest BCUT2D eigenvalue weighted by Gasteiger charge is 2.08. The molecule has 0 aromatic heterocycles. The van der Waals surface area contributed by atoms with Crippen molar-refractivity contribution >= 4 is 5.91 Å². The molecular formula is C19H23NO3. The number of phenols is 1. The Balaban J connectivity index is 1.79. The molecule has 0 radical (unpaired) electrons. The maximum absolute atomic E-state index is 11.9. The summed E-state index contributed by atoms with van der Waals surface area (Å²) in [6, 6.07) is 12.6. The quantitative estimate of drug-likeness (QED) is 0.770. The van der Waals surface area contributed by atoms with E-state index in [1.54, 1.807) is 24.3 Å². The first-order valence-corrected chi connectivity index (χ1v) is 7.90. The SMILES string of the molecule is CCc1cc(O)cc(C)c1OCCCNC(=O)c1ccccc1. The van der Waals surface area contributed by atoms with Crippen molar-refractivity contribution < 1.29 is 14.6 Å². The highest BCUT2D eigenvalue weighted by Crippen LogP contribution is 2.28. The van der Waals surface area contributed by atoms with E-state index >= 15 is 0 Å². The first-order chi connectivity index (χ1) is 11.1. The Hall–Kier alpha value is -2.49. The number of nitrogens with one attached hydrogen (secondary N) is 1. The molecule has 0 bridgehead atoms. The number of phenolic OH excluding ortho intramolecular Hbond substituents is 1. The second kappa shape index (κ2) is 8.22. The number of carbonyl (C=O) groups is 1. The standard InChI is InChI=1S/C19H23NO3/c1-3-15-13-17(21)12-14(2)18(15)23-11-7-10-20-19(22)16-8-5-4-6-9-16/h4-6,8-9,12-13,21H,3,7,10-11H2,1-2H3,(H,20,22). The van der Waals surface area contributed by atoms with Gasteiger partial charge < -0.3 is 15.2 Å². The van der Waals surface area contributed by atoms with Crippen molar-refractivity contribution in [3.05, 3.63) is 59.2 Å². The van der Waals surface area contributed by atoms with Gasteiger partial charge >= 0.3 is 0 Å². The third-order valence-corrected chi connectivity index (χ3v) is 3.61. The minimum Gasteiger partial charge on any atom is -0.508 e. The Morgan fingerprint density at radius 1 is 1.22 bits per heavy atom. The van der Waals surface area contributed by atoms with Gasteiger partial charge in [0.15, 0.2) is 0 Å². The summed E-state index contributed by atoms with van der Waals surface area (Å²) in [6.45, 7) is 5.03.